The minimum Gasteiger partial charge on any atom is -0.467 e. The van der Waals surface area contributed by atoms with E-state index in [1.54, 1.807) is 21.7 Å². The molecule has 0 N–H and O–H groups in total. The van der Waals surface area contributed by atoms with Gasteiger partial charge in [0.1, 0.15) is 5.69 Å². The van der Waals surface area contributed by atoms with Crippen LogP contribution in [0.2, 0.25) is 5.02 Å². The molecule has 0 saturated carbocycles. The van der Waals surface area contributed by atoms with Crippen molar-refractivity contribution in [1.82, 2.24) is 9.47 Å². The lowest BCUT2D eigenvalue weighted by Gasteiger charge is -2.31. The molecular weight excluding hydrogens is 284 g/mol. The van der Waals surface area contributed by atoms with Crippen molar-refractivity contribution in [3.05, 3.63) is 23.0 Å². The van der Waals surface area contributed by atoms with Crippen LogP contribution in [0.4, 0.5) is 0 Å². The van der Waals surface area contributed by atoms with Crippen molar-refractivity contribution in [2.45, 2.75) is 19.6 Å². The van der Waals surface area contributed by atoms with E-state index in [1.807, 2.05) is 6.92 Å². The summed E-state index contributed by atoms with van der Waals surface area (Å²) in [5, 5.41) is 0.521. The van der Waals surface area contributed by atoms with Crippen molar-refractivity contribution in [3.8, 4) is 0 Å². The number of carbonyl (C=O) groups is 2. The molecule has 2 heterocycles. The van der Waals surface area contributed by atoms with E-state index >= 15 is 0 Å². The largest absolute Gasteiger partial charge is 0.467 e. The Morgan fingerprint density at radius 2 is 2.30 bits per heavy atom. The molecule has 20 heavy (non-hydrogen) atoms. The second-order valence-electron chi connectivity index (χ2n) is 4.46. The zero-order valence-electron chi connectivity index (χ0n) is 11.5. The van der Waals surface area contributed by atoms with Crippen molar-refractivity contribution < 1.29 is 19.1 Å². The Labute approximate surface area is 122 Å². The van der Waals surface area contributed by atoms with Gasteiger partial charge < -0.3 is 18.9 Å². The number of halogens is 1. The van der Waals surface area contributed by atoms with E-state index in [0.717, 1.165) is 0 Å². The van der Waals surface area contributed by atoms with Gasteiger partial charge in [-0.25, -0.2) is 4.79 Å². The first-order chi connectivity index (χ1) is 9.56. The lowest BCUT2D eigenvalue weighted by molar-refractivity contribution is -0.158. The van der Waals surface area contributed by atoms with Crippen LogP contribution in [0.1, 0.15) is 17.4 Å². The molecule has 0 aliphatic carbocycles. The molecule has 0 aromatic carbocycles. The molecule has 0 radical (unpaired) electrons. The van der Waals surface area contributed by atoms with Gasteiger partial charge >= 0.3 is 5.97 Å². The van der Waals surface area contributed by atoms with Crippen LogP contribution in [0.3, 0.4) is 0 Å². The molecule has 1 unspecified atom stereocenters. The van der Waals surface area contributed by atoms with Gasteiger partial charge in [0.25, 0.3) is 5.91 Å². The van der Waals surface area contributed by atoms with Crippen LogP contribution in [0.15, 0.2) is 12.3 Å². The Morgan fingerprint density at radius 3 is 2.95 bits per heavy atom. The number of aromatic nitrogens is 1. The molecule has 1 saturated heterocycles. The predicted molar refractivity (Wildman–Crippen MR) is 72.8 cm³/mol. The average molecular weight is 301 g/mol. The molecule has 1 fully saturated rings. The zero-order chi connectivity index (χ0) is 14.7. The predicted octanol–water partition coefficient (Wildman–Crippen LogP) is 1.18. The zero-order valence-corrected chi connectivity index (χ0v) is 12.2. The lowest BCUT2D eigenvalue weighted by atomic mass is 10.2. The van der Waals surface area contributed by atoms with E-state index in [2.05, 4.69) is 4.74 Å². The smallest absolute Gasteiger partial charge is 0.336 e. The van der Waals surface area contributed by atoms with Crippen LogP contribution in [-0.2, 0) is 20.8 Å². The van der Waals surface area contributed by atoms with Gasteiger partial charge in [-0.3, -0.25) is 4.79 Å². The average Bonchev–Trinajstić information content (AvgIpc) is 2.86. The third kappa shape index (κ3) is 2.96. The van der Waals surface area contributed by atoms with Crippen LogP contribution in [0.5, 0.6) is 0 Å². The Balaban J connectivity index is 2.14. The van der Waals surface area contributed by atoms with E-state index in [0.29, 0.717) is 30.4 Å². The number of aryl methyl sites for hydroxylation is 1. The molecule has 1 aliphatic rings. The maximum absolute atomic E-state index is 12.5. The molecule has 1 aliphatic heterocycles. The third-order valence-electron chi connectivity index (χ3n) is 3.24. The van der Waals surface area contributed by atoms with Gasteiger partial charge in [-0.2, -0.15) is 0 Å². The normalized spacial score (nSPS) is 18.9. The Hall–Kier alpha value is -1.53. The number of hydrogen-bond acceptors (Lipinski definition) is 4. The standard InChI is InChI=1S/C13H17ClN2O4/c1-3-15-7-9(14)6-10(15)12(17)16-4-5-20-11(8-16)13(18)19-2/h6-7,11H,3-5,8H2,1-2H3. The van der Waals surface area contributed by atoms with Crippen molar-refractivity contribution in [1.29, 1.82) is 0 Å². The summed E-state index contributed by atoms with van der Waals surface area (Å²) in [5.74, 6) is -0.623. The number of nitrogens with zero attached hydrogens (tertiary/aromatic N) is 2. The first kappa shape index (κ1) is 14.9. The molecule has 0 bridgehead atoms. The topological polar surface area (TPSA) is 60.8 Å². The summed E-state index contributed by atoms with van der Waals surface area (Å²) in [7, 11) is 1.30. The van der Waals surface area contributed by atoms with Crippen molar-refractivity contribution >= 4 is 23.5 Å². The second-order valence-corrected chi connectivity index (χ2v) is 4.90. The molecule has 1 atom stereocenters. The first-order valence-electron chi connectivity index (χ1n) is 6.41. The number of esters is 1. The first-order valence-corrected chi connectivity index (χ1v) is 6.79. The molecule has 6 nitrogen and oxygen atoms in total. The summed E-state index contributed by atoms with van der Waals surface area (Å²) in [5.41, 5.74) is 0.517. The second kappa shape index (κ2) is 6.28. The van der Waals surface area contributed by atoms with Crippen LogP contribution in [0, 0.1) is 0 Å². The highest BCUT2D eigenvalue weighted by Gasteiger charge is 2.31. The molecule has 1 amide bonds. The fourth-order valence-corrected chi connectivity index (χ4v) is 2.41. The molecule has 1 aromatic heterocycles. The number of methoxy groups -OCH3 is 1. The van der Waals surface area contributed by atoms with Gasteiger partial charge in [0, 0.05) is 19.3 Å². The van der Waals surface area contributed by atoms with Crippen molar-refractivity contribution in [2.24, 2.45) is 0 Å². The summed E-state index contributed by atoms with van der Waals surface area (Å²) < 4.78 is 11.7. The molecule has 7 heteroatoms. The highest BCUT2D eigenvalue weighted by molar-refractivity contribution is 6.31. The minimum absolute atomic E-state index is 0.157. The molecule has 2 rings (SSSR count). The summed E-state index contributed by atoms with van der Waals surface area (Å²) in [4.78, 5) is 25.6. The lowest BCUT2D eigenvalue weighted by Crippen LogP contribution is -2.49. The number of morpholine rings is 1. The minimum atomic E-state index is -0.724. The van der Waals surface area contributed by atoms with E-state index in [-0.39, 0.29) is 12.5 Å². The van der Waals surface area contributed by atoms with Crippen LogP contribution in [0.25, 0.3) is 0 Å². The SMILES string of the molecule is CCn1cc(Cl)cc1C(=O)N1CCOC(C(=O)OC)C1. The Bertz CT molecular complexity index is 514. The van der Waals surface area contributed by atoms with E-state index < -0.39 is 12.1 Å². The van der Waals surface area contributed by atoms with Gasteiger partial charge in [-0.05, 0) is 13.0 Å². The fraction of sp³-hybridized carbons (Fsp3) is 0.538. The number of ether oxygens (including phenoxy) is 2. The maximum Gasteiger partial charge on any atom is 0.336 e. The van der Waals surface area contributed by atoms with Gasteiger partial charge in [-0.15, -0.1) is 0 Å². The van der Waals surface area contributed by atoms with Crippen LogP contribution >= 0.6 is 11.6 Å². The maximum atomic E-state index is 12.5. The van der Waals surface area contributed by atoms with Crippen LogP contribution < -0.4 is 0 Å². The third-order valence-corrected chi connectivity index (χ3v) is 3.45. The highest BCUT2D eigenvalue weighted by atomic mass is 35.5. The van der Waals surface area contributed by atoms with E-state index in [9.17, 15) is 9.59 Å². The summed E-state index contributed by atoms with van der Waals surface area (Å²) in [6, 6.07) is 1.63. The van der Waals surface area contributed by atoms with Crippen molar-refractivity contribution in [2.75, 3.05) is 26.8 Å². The van der Waals surface area contributed by atoms with Gasteiger partial charge in [0.15, 0.2) is 6.10 Å². The monoisotopic (exact) mass is 300 g/mol. The number of amides is 1. The van der Waals surface area contributed by atoms with Gasteiger partial charge in [0.05, 0.1) is 25.3 Å². The summed E-state index contributed by atoms with van der Waals surface area (Å²) in [6.45, 7) is 3.53. The molecule has 0 spiro atoms. The summed E-state index contributed by atoms with van der Waals surface area (Å²) >= 11 is 5.94. The van der Waals surface area contributed by atoms with Crippen molar-refractivity contribution in [3.63, 3.8) is 0 Å². The highest BCUT2D eigenvalue weighted by Crippen LogP contribution is 2.18. The Kier molecular flexibility index (Phi) is 4.67. The number of rotatable bonds is 3. The Morgan fingerprint density at radius 1 is 1.55 bits per heavy atom. The number of carbonyl (C=O) groups excluding carboxylic acids is 2. The quantitative estimate of drug-likeness (QED) is 0.786. The molecule has 1 aromatic rings. The molecular formula is C13H17ClN2O4. The molecule has 110 valence electrons. The fourth-order valence-electron chi connectivity index (χ4n) is 2.19. The van der Waals surface area contributed by atoms with Gasteiger partial charge in [0.2, 0.25) is 0 Å². The number of hydrogen-bond donors (Lipinski definition) is 0. The summed E-state index contributed by atoms with van der Waals surface area (Å²) in [6.07, 6.45) is 0.991. The van der Waals surface area contributed by atoms with Gasteiger partial charge in [-0.1, -0.05) is 11.6 Å². The van der Waals surface area contributed by atoms with E-state index in [1.165, 1.54) is 7.11 Å². The van der Waals surface area contributed by atoms with E-state index in [4.69, 9.17) is 16.3 Å². The van der Waals surface area contributed by atoms with Crippen LogP contribution in [-0.4, -0.2) is 54.3 Å².